The molecule has 0 aliphatic carbocycles. The van der Waals surface area contributed by atoms with Crippen molar-refractivity contribution in [2.75, 3.05) is 12.8 Å². The Morgan fingerprint density at radius 1 is 1.19 bits per heavy atom. The van der Waals surface area contributed by atoms with Crippen molar-refractivity contribution in [2.24, 2.45) is 0 Å². The SMILES string of the molecule is CCn1c(-c2ccc(OC)c(N)c2)nc2cc(C)ccc21. The smallest absolute Gasteiger partial charge is 0.141 e. The maximum absolute atomic E-state index is 6.02. The number of benzene rings is 2. The van der Waals surface area contributed by atoms with Crippen molar-refractivity contribution in [1.29, 1.82) is 0 Å². The van der Waals surface area contributed by atoms with Crippen LogP contribution in [0.25, 0.3) is 22.4 Å². The minimum absolute atomic E-state index is 0.626. The topological polar surface area (TPSA) is 53.1 Å². The van der Waals surface area contributed by atoms with Crippen molar-refractivity contribution >= 4 is 16.7 Å². The lowest BCUT2D eigenvalue weighted by Gasteiger charge is -2.09. The van der Waals surface area contributed by atoms with Crippen LogP contribution in [0, 0.1) is 6.92 Å². The van der Waals surface area contributed by atoms with Crippen molar-refractivity contribution in [3.8, 4) is 17.1 Å². The zero-order chi connectivity index (χ0) is 15.0. The van der Waals surface area contributed by atoms with E-state index >= 15 is 0 Å². The lowest BCUT2D eigenvalue weighted by atomic mass is 10.1. The van der Waals surface area contributed by atoms with E-state index in [1.165, 1.54) is 5.56 Å². The van der Waals surface area contributed by atoms with Gasteiger partial charge in [-0.05, 0) is 49.7 Å². The van der Waals surface area contributed by atoms with Gasteiger partial charge >= 0.3 is 0 Å². The summed E-state index contributed by atoms with van der Waals surface area (Å²) in [7, 11) is 1.62. The first kappa shape index (κ1) is 13.5. The minimum Gasteiger partial charge on any atom is -0.495 e. The number of hydrogen-bond donors (Lipinski definition) is 1. The molecule has 1 heterocycles. The van der Waals surface area contributed by atoms with Crippen LogP contribution in [0.1, 0.15) is 12.5 Å². The Kier molecular flexibility index (Phi) is 3.29. The first-order chi connectivity index (χ1) is 10.1. The van der Waals surface area contributed by atoms with Crippen LogP contribution in [-0.2, 0) is 6.54 Å². The molecule has 3 aromatic rings. The second-order valence-electron chi connectivity index (χ2n) is 5.13. The molecule has 2 aromatic carbocycles. The van der Waals surface area contributed by atoms with E-state index in [-0.39, 0.29) is 0 Å². The molecule has 0 bridgehead atoms. The maximum Gasteiger partial charge on any atom is 0.141 e. The zero-order valence-electron chi connectivity index (χ0n) is 12.6. The van der Waals surface area contributed by atoms with Crippen LogP contribution >= 0.6 is 0 Å². The molecule has 0 spiro atoms. The summed E-state index contributed by atoms with van der Waals surface area (Å²) in [6.07, 6.45) is 0. The van der Waals surface area contributed by atoms with Gasteiger partial charge in [-0.1, -0.05) is 6.07 Å². The van der Waals surface area contributed by atoms with E-state index in [0.717, 1.165) is 29.0 Å². The summed E-state index contributed by atoms with van der Waals surface area (Å²) >= 11 is 0. The summed E-state index contributed by atoms with van der Waals surface area (Å²) in [6, 6.07) is 12.1. The molecule has 0 unspecified atom stereocenters. The van der Waals surface area contributed by atoms with Crippen molar-refractivity contribution in [3.63, 3.8) is 0 Å². The molecule has 4 nitrogen and oxygen atoms in total. The fraction of sp³-hybridized carbons (Fsp3) is 0.235. The highest BCUT2D eigenvalue weighted by Gasteiger charge is 2.12. The number of ether oxygens (including phenoxy) is 1. The van der Waals surface area contributed by atoms with Crippen LogP contribution < -0.4 is 10.5 Å². The van der Waals surface area contributed by atoms with Gasteiger partial charge in [0.2, 0.25) is 0 Å². The largest absolute Gasteiger partial charge is 0.495 e. The van der Waals surface area contributed by atoms with Gasteiger partial charge in [0.25, 0.3) is 0 Å². The zero-order valence-corrected chi connectivity index (χ0v) is 12.6. The monoisotopic (exact) mass is 281 g/mol. The summed E-state index contributed by atoms with van der Waals surface area (Å²) in [5.41, 5.74) is 11.0. The fourth-order valence-electron chi connectivity index (χ4n) is 2.65. The van der Waals surface area contributed by atoms with Gasteiger partial charge in [-0.15, -0.1) is 0 Å². The lowest BCUT2D eigenvalue weighted by molar-refractivity contribution is 0.417. The molecule has 0 amide bonds. The first-order valence-corrected chi connectivity index (χ1v) is 7.04. The number of fused-ring (bicyclic) bond motifs is 1. The molecule has 0 aliphatic heterocycles. The van der Waals surface area contributed by atoms with Crippen LogP contribution in [0.15, 0.2) is 36.4 Å². The highest BCUT2D eigenvalue weighted by atomic mass is 16.5. The quantitative estimate of drug-likeness (QED) is 0.746. The number of methoxy groups -OCH3 is 1. The van der Waals surface area contributed by atoms with Crippen LogP contribution in [0.2, 0.25) is 0 Å². The predicted octanol–water partition coefficient (Wildman–Crippen LogP) is 3.62. The summed E-state index contributed by atoms with van der Waals surface area (Å²) in [5, 5.41) is 0. The lowest BCUT2D eigenvalue weighted by Crippen LogP contribution is -1.99. The number of nitrogens with two attached hydrogens (primary N) is 1. The fourth-order valence-corrected chi connectivity index (χ4v) is 2.65. The number of imidazole rings is 1. The highest BCUT2D eigenvalue weighted by molar-refractivity contribution is 5.82. The van der Waals surface area contributed by atoms with Gasteiger partial charge in [0.05, 0.1) is 23.8 Å². The molecule has 4 heteroatoms. The molecule has 0 atom stereocenters. The van der Waals surface area contributed by atoms with Crippen molar-refractivity contribution in [2.45, 2.75) is 20.4 Å². The first-order valence-electron chi connectivity index (χ1n) is 7.04. The van der Waals surface area contributed by atoms with Gasteiger partial charge in [-0.3, -0.25) is 0 Å². The molecule has 108 valence electrons. The summed E-state index contributed by atoms with van der Waals surface area (Å²) in [6.45, 7) is 5.06. The Balaban J connectivity index is 2.21. The summed E-state index contributed by atoms with van der Waals surface area (Å²) in [5.74, 6) is 1.63. The molecular formula is C17H19N3O. The maximum atomic E-state index is 6.02. The predicted molar refractivity (Wildman–Crippen MR) is 86.5 cm³/mol. The Hall–Kier alpha value is -2.49. The number of nitrogen functional groups attached to an aromatic ring is 1. The van der Waals surface area contributed by atoms with Gasteiger partial charge in [0, 0.05) is 12.1 Å². The molecule has 0 radical (unpaired) electrons. The van der Waals surface area contributed by atoms with E-state index in [4.69, 9.17) is 15.5 Å². The highest BCUT2D eigenvalue weighted by Crippen LogP contribution is 2.30. The van der Waals surface area contributed by atoms with E-state index in [2.05, 4.69) is 36.6 Å². The molecule has 0 aliphatic rings. The number of nitrogens with zero attached hydrogens (tertiary/aromatic N) is 2. The number of aromatic nitrogens is 2. The van der Waals surface area contributed by atoms with Crippen molar-refractivity contribution in [1.82, 2.24) is 9.55 Å². The van der Waals surface area contributed by atoms with Gasteiger partial charge in [0.1, 0.15) is 11.6 Å². The van der Waals surface area contributed by atoms with Gasteiger partial charge in [-0.2, -0.15) is 0 Å². The molecule has 2 N–H and O–H groups in total. The van der Waals surface area contributed by atoms with Gasteiger partial charge < -0.3 is 15.0 Å². The van der Waals surface area contributed by atoms with Gasteiger partial charge in [0.15, 0.2) is 0 Å². The number of anilines is 1. The Morgan fingerprint density at radius 2 is 2.00 bits per heavy atom. The van der Waals surface area contributed by atoms with Crippen LogP contribution in [0.5, 0.6) is 5.75 Å². The number of hydrogen-bond acceptors (Lipinski definition) is 3. The van der Waals surface area contributed by atoms with E-state index in [1.807, 2.05) is 18.2 Å². The standard InChI is InChI=1S/C17H19N3O/c1-4-20-15-7-5-11(2)9-14(15)19-17(20)12-6-8-16(21-3)13(18)10-12/h5-10H,4,18H2,1-3H3. The second-order valence-corrected chi connectivity index (χ2v) is 5.13. The summed E-state index contributed by atoms with van der Waals surface area (Å²) in [4.78, 5) is 4.78. The van der Waals surface area contributed by atoms with E-state index < -0.39 is 0 Å². The minimum atomic E-state index is 0.626. The molecule has 0 saturated carbocycles. The third-order valence-corrected chi connectivity index (χ3v) is 3.71. The van der Waals surface area contributed by atoms with E-state index in [1.54, 1.807) is 7.11 Å². The van der Waals surface area contributed by atoms with Crippen LogP contribution in [0.4, 0.5) is 5.69 Å². The normalized spacial score (nSPS) is 11.0. The average molecular weight is 281 g/mol. The van der Waals surface area contributed by atoms with Gasteiger partial charge in [-0.25, -0.2) is 4.98 Å². The third kappa shape index (κ3) is 2.23. The van der Waals surface area contributed by atoms with Crippen LogP contribution in [0.3, 0.4) is 0 Å². The Bertz CT molecular complexity index is 805. The molecular weight excluding hydrogens is 262 g/mol. The summed E-state index contributed by atoms with van der Waals surface area (Å²) < 4.78 is 7.42. The molecule has 0 fully saturated rings. The Morgan fingerprint density at radius 3 is 2.67 bits per heavy atom. The van der Waals surface area contributed by atoms with Crippen LogP contribution in [-0.4, -0.2) is 16.7 Å². The van der Waals surface area contributed by atoms with E-state index in [0.29, 0.717) is 11.4 Å². The van der Waals surface area contributed by atoms with Crippen molar-refractivity contribution < 1.29 is 4.74 Å². The molecule has 3 rings (SSSR count). The third-order valence-electron chi connectivity index (χ3n) is 3.71. The van der Waals surface area contributed by atoms with E-state index in [9.17, 15) is 0 Å². The number of aryl methyl sites for hydroxylation is 2. The Labute approximate surface area is 124 Å². The molecule has 1 aromatic heterocycles. The number of rotatable bonds is 3. The molecule has 21 heavy (non-hydrogen) atoms. The molecule has 0 saturated heterocycles. The van der Waals surface area contributed by atoms with Crippen molar-refractivity contribution in [3.05, 3.63) is 42.0 Å². The second kappa shape index (κ2) is 5.13. The average Bonchev–Trinajstić information content (AvgIpc) is 2.84.